The molecule has 90 heavy (non-hydrogen) atoms. The molecule has 510 valence electrons. The Morgan fingerprint density at radius 1 is 0.344 bits per heavy atom. The van der Waals surface area contributed by atoms with Crippen LogP contribution in [0.2, 0.25) is 0 Å². The summed E-state index contributed by atoms with van der Waals surface area (Å²) in [5, 5.41) is 0. The molecule has 0 radical (unpaired) electrons. The second kappa shape index (κ2) is 68.7. The van der Waals surface area contributed by atoms with Crippen molar-refractivity contribution in [2.45, 2.75) is 277 Å². The zero-order valence-electron chi connectivity index (χ0n) is 58.1. The number of allylic oxidation sites excluding steroid dienone is 28. The fourth-order valence-corrected chi connectivity index (χ4v) is 10.1. The van der Waals surface area contributed by atoms with E-state index in [0.717, 1.165) is 135 Å². The third-order valence-electron chi connectivity index (χ3n) is 14.7. The van der Waals surface area contributed by atoms with Crippen LogP contribution < -0.4 is 0 Å². The van der Waals surface area contributed by atoms with E-state index in [-0.39, 0.29) is 32.0 Å². The van der Waals surface area contributed by atoms with Crippen molar-refractivity contribution < 1.29 is 42.1 Å². The number of phosphoric ester groups is 1. The van der Waals surface area contributed by atoms with E-state index in [0.29, 0.717) is 17.4 Å². The van der Waals surface area contributed by atoms with Gasteiger partial charge in [-0.05, 0) is 128 Å². The van der Waals surface area contributed by atoms with E-state index < -0.39 is 26.5 Å². The molecular weight excluding hydrogens is 1130 g/mol. The molecule has 0 bridgehead atoms. The molecule has 10 heteroatoms. The highest BCUT2D eigenvalue weighted by Crippen LogP contribution is 2.43. The maximum absolute atomic E-state index is 12.9. The van der Waals surface area contributed by atoms with Crippen molar-refractivity contribution in [3.05, 3.63) is 170 Å². The van der Waals surface area contributed by atoms with Gasteiger partial charge in [0.25, 0.3) is 0 Å². The highest BCUT2D eigenvalue weighted by molar-refractivity contribution is 7.47. The Bertz CT molecular complexity index is 2130. The van der Waals surface area contributed by atoms with Gasteiger partial charge in [-0.3, -0.25) is 18.6 Å². The largest absolute Gasteiger partial charge is 0.472 e. The molecule has 1 N–H and O–H groups in total. The molecule has 0 spiro atoms. The summed E-state index contributed by atoms with van der Waals surface area (Å²) in [6.07, 6.45) is 104. The van der Waals surface area contributed by atoms with Crippen LogP contribution in [0.15, 0.2) is 170 Å². The molecule has 0 heterocycles. The van der Waals surface area contributed by atoms with Gasteiger partial charge in [-0.1, -0.05) is 300 Å². The van der Waals surface area contributed by atoms with Gasteiger partial charge in [0.05, 0.1) is 27.7 Å². The summed E-state index contributed by atoms with van der Waals surface area (Å²) in [4.78, 5) is 35.9. The van der Waals surface area contributed by atoms with Gasteiger partial charge < -0.3 is 18.9 Å². The third-order valence-corrected chi connectivity index (χ3v) is 15.7. The van der Waals surface area contributed by atoms with Crippen molar-refractivity contribution >= 4 is 19.8 Å². The van der Waals surface area contributed by atoms with Gasteiger partial charge in [0.1, 0.15) is 19.8 Å². The predicted molar refractivity (Wildman–Crippen MR) is 389 cm³/mol. The van der Waals surface area contributed by atoms with E-state index in [1.165, 1.54) is 103 Å². The van der Waals surface area contributed by atoms with Crippen molar-refractivity contribution in [3.8, 4) is 0 Å². The van der Waals surface area contributed by atoms with Crippen LogP contribution in [-0.4, -0.2) is 74.9 Å². The molecule has 2 unspecified atom stereocenters. The van der Waals surface area contributed by atoms with Crippen molar-refractivity contribution in [2.24, 2.45) is 0 Å². The Morgan fingerprint density at radius 2 is 0.600 bits per heavy atom. The predicted octanol–water partition coefficient (Wildman–Crippen LogP) is 23.7. The van der Waals surface area contributed by atoms with Crippen molar-refractivity contribution in [2.75, 3.05) is 47.5 Å². The van der Waals surface area contributed by atoms with Crippen molar-refractivity contribution in [1.82, 2.24) is 0 Å². The van der Waals surface area contributed by atoms with Crippen molar-refractivity contribution in [1.29, 1.82) is 0 Å². The van der Waals surface area contributed by atoms with Gasteiger partial charge in [-0.2, -0.15) is 0 Å². The average molecular weight is 1270 g/mol. The van der Waals surface area contributed by atoms with Gasteiger partial charge in [-0.25, -0.2) is 4.57 Å². The summed E-state index contributed by atoms with van der Waals surface area (Å²) >= 11 is 0. The molecule has 0 aliphatic rings. The van der Waals surface area contributed by atoms with Crippen LogP contribution >= 0.6 is 7.82 Å². The Hall–Kier alpha value is -4.63. The first-order valence-corrected chi connectivity index (χ1v) is 37.4. The number of hydrogen-bond acceptors (Lipinski definition) is 7. The summed E-state index contributed by atoms with van der Waals surface area (Å²) < 4.78 is 34.7. The summed E-state index contributed by atoms with van der Waals surface area (Å²) in [5.41, 5.74) is 0. The van der Waals surface area contributed by atoms with Crippen LogP contribution in [0.1, 0.15) is 271 Å². The van der Waals surface area contributed by atoms with Crippen LogP contribution in [0.4, 0.5) is 0 Å². The number of phosphoric acid groups is 1. The maximum Gasteiger partial charge on any atom is 0.472 e. The Morgan fingerprint density at radius 3 is 0.889 bits per heavy atom. The van der Waals surface area contributed by atoms with Gasteiger partial charge in [-0.15, -0.1) is 0 Å². The zero-order chi connectivity index (χ0) is 65.5. The topological polar surface area (TPSA) is 108 Å². The monoisotopic (exact) mass is 1270 g/mol. The van der Waals surface area contributed by atoms with E-state index in [1.54, 1.807) is 0 Å². The van der Waals surface area contributed by atoms with Gasteiger partial charge in [0, 0.05) is 12.8 Å². The van der Waals surface area contributed by atoms with E-state index in [9.17, 15) is 19.0 Å². The van der Waals surface area contributed by atoms with Crippen LogP contribution in [-0.2, 0) is 32.7 Å². The van der Waals surface area contributed by atoms with Gasteiger partial charge >= 0.3 is 19.8 Å². The Labute approximate surface area is 553 Å². The minimum atomic E-state index is -4.41. The second-order valence-corrected chi connectivity index (χ2v) is 26.0. The number of quaternary nitrogens is 1. The molecule has 0 aliphatic heterocycles. The molecule has 0 aromatic carbocycles. The van der Waals surface area contributed by atoms with Crippen molar-refractivity contribution in [3.63, 3.8) is 0 Å². The van der Waals surface area contributed by atoms with E-state index in [1.807, 2.05) is 21.1 Å². The molecule has 0 saturated carbocycles. The number of carbonyl (C=O) groups excluding carboxylic acids is 2. The lowest BCUT2D eigenvalue weighted by Gasteiger charge is -2.24. The molecule has 0 rings (SSSR count). The van der Waals surface area contributed by atoms with Gasteiger partial charge in [0.15, 0.2) is 6.10 Å². The molecular formula is C80H133NO8P+. The fraction of sp³-hybridized carbons (Fsp3) is 0.625. The molecule has 0 fully saturated rings. The second-order valence-electron chi connectivity index (χ2n) is 24.5. The lowest BCUT2D eigenvalue weighted by atomic mass is 10.0. The van der Waals surface area contributed by atoms with Crippen LogP contribution in [0.5, 0.6) is 0 Å². The van der Waals surface area contributed by atoms with E-state index in [2.05, 4.69) is 184 Å². The molecule has 0 amide bonds. The van der Waals surface area contributed by atoms with Crippen LogP contribution in [0.3, 0.4) is 0 Å². The first-order valence-electron chi connectivity index (χ1n) is 35.9. The number of likely N-dealkylation sites (N-methyl/N-ethyl adjacent to an activating group) is 1. The number of carbonyl (C=O) groups is 2. The quantitative estimate of drug-likeness (QED) is 0.0211. The van der Waals surface area contributed by atoms with Gasteiger partial charge in [0.2, 0.25) is 0 Å². The summed E-state index contributed by atoms with van der Waals surface area (Å²) in [5.74, 6) is -0.814. The Balaban J connectivity index is 4.12. The number of ether oxygens (including phenoxy) is 2. The summed E-state index contributed by atoms with van der Waals surface area (Å²) in [7, 11) is 1.45. The van der Waals surface area contributed by atoms with Crippen LogP contribution in [0, 0.1) is 0 Å². The number of esters is 2. The molecule has 2 atom stereocenters. The molecule has 0 aliphatic carbocycles. The normalized spacial score (nSPS) is 14.2. The number of nitrogens with zero attached hydrogens (tertiary/aromatic N) is 1. The summed E-state index contributed by atoms with van der Waals surface area (Å²) in [6, 6.07) is 0. The average Bonchev–Trinajstić information content (AvgIpc) is 3.58. The Kier molecular flexibility index (Phi) is 65.2. The lowest BCUT2D eigenvalue weighted by Crippen LogP contribution is -2.37. The minimum absolute atomic E-state index is 0.0218. The number of rotatable bonds is 64. The first kappa shape index (κ1) is 85.4. The highest BCUT2D eigenvalue weighted by atomic mass is 31.2. The first-order chi connectivity index (χ1) is 44.0. The molecule has 9 nitrogen and oxygen atoms in total. The SMILES string of the molecule is CC/C=C\C/C=C\C/C=C\C/C=C\C/C=C\C/C=C\C/C=C\C/C=C\CCCCCCCCCCC(=O)OC(COC(=O)CCCCCCCCCCCCCCCC/C=C\C/C=C\C/C=C\C/C=C\C/C=C\C/C=C\CC)COP(=O)(O)OCC[N+](C)(C)C. The lowest BCUT2D eigenvalue weighted by molar-refractivity contribution is -0.870. The number of hydrogen-bond donors (Lipinski definition) is 1. The molecule has 0 aromatic heterocycles. The number of unbranched alkanes of at least 4 members (excludes halogenated alkanes) is 22. The highest BCUT2D eigenvalue weighted by Gasteiger charge is 2.27. The zero-order valence-corrected chi connectivity index (χ0v) is 58.9. The van der Waals surface area contributed by atoms with E-state index >= 15 is 0 Å². The third kappa shape index (κ3) is 72.4. The summed E-state index contributed by atoms with van der Waals surface area (Å²) in [6.45, 7) is 4.19. The molecule has 0 aromatic rings. The van der Waals surface area contributed by atoms with E-state index in [4.69, 9.17) is 18.5 Å². The van der Waals surface area contributed by atoms with Crippen LogP contribution in [0.25, 0.3) is 0 Å². The fourth-order valence-electron chi connectivity index (χ4n) is 9.33. The minimum Gasteiger partial charge on any atom is -0.462 e. The maximum atomic E-state index is 12.9. The standard InChI is InChI=1S/C80H132NO8P/c1-6-8-10-12-14-16-18-20-22-24-26-28-30-32-34-36-38-40-42-44-46-48-50-52-54-56-58-60-62-64-66-68-70-72-79(82)86-76-78(77-88-90(84,85)87-75-74-81(3,4)5)89-80(83)73-71-69-67-65-63-61-59-57-55-53-51-49-47-45-43-41-39-37-35-33-31-29-27-25-23-21-19-17-15-13-11-9-7-2/h8-11,14-17,20-23,26-29,32-35,38-41,45,47,51,53,78H,6-7,12-13,18-19,24-25,30-31,36-37,42-44,46,48-50,52,54-77H2,1-5H3/p+1/b10-8-,11-9-,16-14-,17-15-,22-20-,23-21-,28-26-,29-27-,34-32-,35-33-,40-38-,41-39-,47-45-,53-51-. The molecule has 0 saturated heterocycles. The smallest absolute Gasteiger partial charge is 0.462 e.